The highest BCUT2D eigenvalue weighted by Crippen LogP contribution is 2.30. The lowest BCUT2D eigenvalue weighted by molar-refractivity contribution is -0.134. The molecule has 1 aliphatic carbocycles. The van der Waals surface area contributed by atoms with Crippen LogP contribution in [0.2, 0.25) is 0 Å². The number of hydrogen-bond acceptors (Lipinski definition) is 3. The van der Waals surface area contributed by atoms with Crippen LogP contribution in [-0.4, -0.2) is 41.4 Å². The molecule has 1 saturated heterocycles. The van der Waals surface area contributed by atoms with Gasteiger partial charge in [0.05, 0.1) is 0 Å². The van der Waals surface area contributed by atoms with Gasteiger partial charge in [-0.3, -0.25) is 9.69 Å². The van der Waals surface area contributed by atoms with Crippen LogP contribution in [0.25, 0.3) is 0 Å². The monoisotopic (exact) mass is 346 g/mol. The number of carbonyl (C=O) groups is 1. The maximum atomic E-state index is 12.6. The molecule has 3 aliphatic rings. The highest BCUT2D eigenvalue weighted by atomic mass is 32.1. The Morgan fingerprint density at radius 3 is 2.67 bits per heavy atom. The molecule has 0 radical (unpaired) electrons. The van der Waals surface area contributed by atoms with E-state index in [2.05, 4.69) is 21.2 Å². The first-order valence-electron chi connectivity index (χ1n) is 9.86. The van der Waals surface area contributed by atoms with Crippen LogP contribution in [-0.2, 0) is 17.8 Å². The smallest absolute Gasteiger partial charge is 0.222 e. The van der Waals surface area contributed by atoms with Crippen molar-refractivity contribution >= 4 is 17.2 Å². The molecule has 1 aromatic heterocycles. The van der Waals surface area contributed by atoms with Crippen molar-refractivity contribution in [2.75, 3.05) is 19.6 Å². The normalized spacial score (nSPS) is 24.1. The van der Waals surface area contributed by atoms with Gasteiger partial charge in [0.25, 0.3) is 0 Å². The second kappa shape index (κ2) is 7.57. The van der Waals surface area contributed by atoms with Crippen molar-refractivity contribution in [3.05, 3.63) is 21.9 Å². The Bertz CT molecular complexity index is 556. The minimum Gasteiger partial charge on any atom is -0.343 e. The van der Waals surface area contributed by atoms with Crippen LogP contribution in [0.4, 0.5) is 0 Å². The average Bonchev–Trinajstić information content (AvgIpc) is 3.10. The molecule has 0 atom stereocenters. The largest absolute Gasteiger partial charge is 0.343 e. The van der Waals surface area contributed by atoms with Gasteiger partial charge in [0.1, 0.15) is 0 Å². The molecule has 0 spiro atoms. The topological polar surface area (TPSA) is 23.6 Å². The number of thiophene rings is 1. The lowest BCUT2D eigenvalue weighted by Crippen LogP contribution is -2.48. The third-order valence-electron chi connectivity index (χ3n) is 6.36. The third kappa shape index (κ3) is 3.70. The van der Waals surface area contributed by atoms with Crippen molar-refractivity contribution in [2.45, 2.75) is 70.4 Å². The molecule has 0 N–H and O–H groups in total. The van der Waals surface area contributed by atoms with E-state index in [1.54, 1.807) is 10.4 Å². The number of hydrogen-bond donors (Lipinski definition) is 0. The maximum Gasteiger partial charge on any atom is 0.222 e. The zero-order chi connectivity index (χ0) is 16.4. The standard InChI is InChI=1S/C20H30N2OS/c23-20(14-16-4-2-1-3-5-16)21-10-6-18(7-11-21)22-12-8-19-17(15-22)9-13-24-19/h9,13,16,18H,1-8,10-12,14-15H2. The van der Waals surface area contributed by atoms with Crippen molar-refractivity contribution in [3.63, 3.8) is 0 Å². The van der Waals surface area contributed by atoms with Crippen LogP contribution in [0.5, 0.6) is 0 Å². The number of likely N-dealkylation sites (tertiary alicyclic amines) is 1. The van der Waals surface area contributed by atoms with Crippen LogP contribution in [0.3, 0.4) is 0 Å². The molecule has 4 rings (SSSR count). The highest BCUT2D eigenvalue weighted by molar-refractivity contribution is 7.10. The average molecular weight is 347 g/mol. The Morgan fingerprint density at radius 1 is 1.08 bits per heavy atom. The lowest BCUT2D eigenvalue weighted by atomic mass is 9.86. The molecule has 1 saturated carbocycles. The number of piperidine rings is 1. The van der Waals surface area contributed by atoms with E-state index < -0.39 is 0 Å². The summed E-state index contributed by atoms with van der Waals surface area (Å²) in [5.41, 5.74) is 1.54. The zero-order valence-electron chi connectivity index (χ0n) is 14.7. The summed E-state index contributed by atoms with van der Waals surface area (Å²) in [7, 11) is 0. The van der Waals surface area contributed by atoms with Gasteiger partial charge in [0.2, 0.25) is 5.91 Å². The summed E-state index contributed by atoms with van der Waals surface area (Å²) < 4.78 is 0. The Kier molecular flexibility index (Phi) is 5.23. The number of carbonyl (C=O) groups excluding carboxylic acids is 1. The van der Waals surface area contributed by atoms with Gasteiger partial charge in [0, 0.05) is 43.5 Å². The molecular weight excluding hydrogens is 316 g/mol. The van der Waals surface area contributed by atoms with E-state index in [0.717, 1.165) is 38.9 Å². The van der Waals surface area contributed by atoms with Gasteiger partial charge in [-0.1, -0.05) is 19.3 Å². The number of fused-ring (bicyclic) bond motifs is 1. The fraction of sp³-hybridized carbons (Fsp3) is 0.750. The van der Waals surface area contributed by atoms with E-state index in [4.69, 9.17) is 0 Å². The summed E-state index contributed by atoms with van der Waals surface area (Å²) in [6.07, 6.45) is 10.9. The molecule has 0 bridgehead atoms. The van der Waals surface area contributed by atoms with Gasteiger partial charge >= 0.3 is 0 Å². The fourth-order valence-corrected chi connectivity index (χ4v) is 5.72. The summed E-state index contributed by atoms with van der Waals surface area (Å²) in [5.74, 6) is 1.10. The van der Waals surface area contributed by atoms with Crippen molar-refractivity contribution in [3.8, 4) is 0 Å². The second-order valence-electron chi connectivity index (χ2n) is 7.91. The summed E-state index contributed by atoms with van der Waals surface area (Å²) in [6, 6.07) is 2.98. The molecule has 1 amide bonds. The maximum absolute atomic E-state index is 12.6. The van der Waals surface area contributed by atoms with Gasteiger partial charge in [-0.25, -0.2) is 0 Å². The summed E-state index contributed by atoms with van der Waals surface area (Å²) in [5, 5.41) is 2.24. The van der Waals surface area contributed by atoms with Gasteiger partial charge in [-0.2, -0.15) is 0 Å². The van der Waals surface area contributed by atoms with Gasteiger partial charge in [-0.05, 0) is 55.0 Å². The number of amides is 1. The zero-order valence-corrected chi connectivity index (χ0v) is 15.5. The van der Waals surface area contributed by atoms with Crippen molar-refractivity contribution in [1.82, 2.24) is 9.80 Å². The first kappa shape index (κ1) is 16.6. The van der Waals surface area contributed by atoms with Crippen molar-refractivity contribution in [1.29, 1.82) is 0 Å². The van der Waals surface area contributed by atoms with Crippen LogP contribution in [0.1, 0.15) is 61.8 Å². The molecule has 24 heavy (non-hydrogen) atoms. The number of nitrogens with zero attached hydrogens (tertiary/aromatic N) is 2. The molecule has 3 nitrogen and oxygen atoms in total. The Hall–Kier alpha value is -0.870. The van der Waals surface area contributed by atoms with Crippen LogP contribution >= 0.6 is 11.3 Å². The Balaban J connectivity index is 1.25. The van der Waals surface area contributed by atoms with E-state index in [1.165, 1.54) is 45.1 Å². The molecule has 2 aliphatic heterocycles. The van der Waals surface area contributed by atoms with Crippen LogP contribution in [0.15, 0.2) is 11.4 Å². The van der Waals surface area contributed by atoms with E-state index in [-0.39, 0.29) is 0 Å². The molecule has 0 unspecified atom stereocenters. The first-order chi connectivity index (χ1) is 11.8. The van der Waals surface area contributed by atoms with Gasteiger partial charge in [-0.15, -0.1) is 11.3 Å². The Morgan fingerprint density at radius 2 is 1.88 bits per heavy atom. The van der Waals surface area contributed by atoms with E-state index in [0.29, 0.717) is 17.9 Å². The highest BCUT2D eigenvalue weighted by Gasteiger charge is 2.30. The van der Waals surface area contributed by atoms with E-state index in [1.807, 2.05) is 11.3 Å². The third-order valence-corrected chi connectivity index (χ3v) is 7.38. The fourth-order valence-electron chi connectivity index (χ4n) is 4.83. The van der Waals surface area contributed by atoms with Gasteiger partial charge < -0.3 is 4.90 Å². The minimum atomic E-state index is 0.430. The van der Waals surface area contributed by atoms with Crippen molar-refractivity contribution < 1.29 is 4.79 Å². The summed E-state index contributed by atoms with van der Waals surface area (Å²) >= 11 is 1.92. The lowest BCUT2D eigenvalue weighted by Gasteiger charge is -2.40. The van der Waals surface area contributed by atoms with Crippen LogP contribution < -0.4 is 0 Å². The van der Waals surface area contributed by atoms with Crippen molar-refractivity contribution in [2.24, 2.45) is 5.92 Å². The minimum absolute atomic E-state index is 0.430. The molecule has 1 aromatic rings. The predicted octanol–water partition coefficient (Wildman–Crippen LogP) is 4.07. The molecule has 3 heterocycles. The summed E-state index contributed by atoms with van der Waals surface area (Å²) in [4.78, 5) is 19.0. The molecule has 132 valence electrons. The molecular formula is C20H30N2OS. The van der Waals surface area contributed by atoms with Gasteiger partial charge in [0.15, 0.2) is 0 Å². The van der Waals surface area contributed by atoms with E-state index >= 15 is 0 Å². The predicted molar refractivity (Wildman–Crippen MR) is 99.2 cm³/mol. The molecule has 4 heteroatoms. The molecule has 2 fully saturated rings. The Labute approximate surface area is 150 Å². The second-order valence-corrected chi connectivity index (χ2v) is 8.91. The van der Waals surface area contributed by atoms with E-state index in [9.17, 15) is 4.79 Å². The molecule has 0 aromatic carbocycles. The first-order valence-corrected chi connectivity index (χ1v) is 10.7. The summed E-state index contributed by atoms with van der Waals surface area (Å²) in [6.45, 7) is 4.28. The van der Waals surface area contributed by atoms with Crippen LogP contribution in [0, 0.1) is 5.92 Å². The number of rotatable bonds is 3. The SMILES string of the molecule is O=C(CC1CCCCC1)N1CCC(N2CCc3sccc3C2)CC1. The quantitative estimate of drug-likeness (QED) is 0.824.